The molecule has 5 rings (SSSR count). The number of carbonyl (C=O) groups is 2. The van der Waals surface area contributed by atoms with Gasteiger partial charge in [0, 0.05) is 48.2 Å². The van der Waals surface area contributed by atoms with Crippen LogP contribution in [0.4, 0.5) is 0 Å². The van der Waals surface area contributed by atoms with E-state index < -0.39 is 6.04 Å². The average Bonchev–Trinajstić information content (AvgIpc) is 3.50. The minimum Gasteiger partial charge on any atom is -0.396 e. The first-order chi connectivity index (χ1) is 15.5. The van der Waals surface area contributed by atoms with Crippen molar-refractivity contribution in [1.82, 2.24) is 14.8 Å². The lowest BCUT2D eigenvalue weighted by Crippen LogP contribution is -2.53. The summed E-state index contributed by atoms with van der Waals surface area (Å²) in [6.07, 6.45) is 10.7. The fourth-order valence-corrected chi connectivity index (χ4v) is 6.13. The first-order valence-electron chi connectivity index (χ1n) is 12.1. The van der Waals surface area contributed by atoms with Crippen molar-refractivity contribution >= 4 is 17.9 Å². The van der Waals surface area contributed by atoms with E-state index in [1.807, 2.05) is 19.1 Å². The van der Waals surface area contributed by atoms with E-state index in [0.29, 0.717) is 12.1 Å². The molecule has 2 saturated carbocycles. The lowest BCUT2D eigenvalue weighted by Gasteiger charge is -2.33. The van der Waals surface area contributed by atoms with Gasteiger partial charge in [-0.2, -0.15) is 0 Å². The summed E-state index contributed by atoms with van der Waals surface area (Å²) in [5, 5.41) is 13.6. The van der Waals surface area contributed by atoms with Crippen LogP contribution in [0.5, 0.6) is 0 Å². The fourth-order valence-electron chi connectivity index (χ4n) is 6.13. The number of aromatic nitrogens is 1. The highest BCUT2D eigenvalue weighted by Gasteiger charge is 2.58. The van der Waals surface area contributed by atoms with Gasteiger partial charge in [0.05, 0.1) is 6.04 Å². The van der Waals surface area contributed by atoms with E-state index in [4.69, 9.17) is 0 Å². The van der Waals surface area contributed by atoms with Crippen molar-refractivity contribution in [3.8, 4) is 0 Å². The third kappa shape index (κ3) is 3.51. The van der Waals surface area contributed by atoms with E-state index in [-0.39, 0.29) is 53.8 Å². The standard InChI is InChI=1S/C25H33N3O4/c1-2-6-15-11-12-20-21-18(13-27(20)24(15)31)19(14-29)22(28(21)25(32)16-9-10-16)23(30)26-17-7-4-3-5-8-17/h2,6,11-12,16-19,21-22,29H,3-5,7-10,13-14H2,1H3,(H,26,30)/b6-2-/t18-,19-,21+,22-/m0/s1. The zero-order valence-electron chi connectivity index (χ0n) is 18.7. The molecule has 32 heavy (non-hydrogen) atoms. The number of amides is 2. The van der Waals surface area contributed by atoms with E-state index in [9.17, 15) is 19.5 Å². The summed E-state index contributed by atoms with van der Waals surface area (Å²) < 4.78 is 1.75. The van der Waals surface area contributed by atoms with Gasteiger partial charge in [-0.3, -0.25) is 14.4 Å². The first-order valence-corrected chi connectivity index (χ1v) is 12.1. The molecule has 1 aromatic heterocycles. The van der Waals surface area contributed by atoms with E-state index in [0.717, 1.165) is 44.2 Å². The minimum atomic E-state index is -0.677. The number of nitrogens with one attached hydrogen (secondary N) is 1. The summed E-state index contributed by atoms with van der Waals surface area (Å²) >= 11 is 0. The molecule has 0 unspecified atom stereocenters. The predicted octanol–water partition coefficient (Wildman–Crippen LogP) is 2.23. The Bertz CT molecular complexity index is 989. The fraction of sp³-hybridized carbons (Fsp3) is 0.640. The summed E-state index contributed by atoms with van der Waals surface area (Å²) in [6, 6.07) is 2.86. The van der Waals surface area contributed by atoms with Crippen LogP contribution in [0.15, 0.2) is 23.0 Å². The molecule has 1 saturated heterocycles. The van der Waals surface area contributed by atoms with Crippen LogP contribution in [0.1, 0.15) is 69.2 Å². The lowest BCUT2D eigenvalue weighted by molar-refractivity contribution is -0.143. The molecular weight excluding hydrogens is 406 g/mol. The van der Waals surface area contributed by atoms with E-state index in [1.165, 1.54) is 6.42 Å². The molecule has 4 aliphatic rings. The Labute approximate surface area is 188 Å². The summed E-state index contributed by atoms with van der Waals surface area (Å²) in [4.78, 5) is 41.7. The molecule has 3 fully saturated rings. The maximum atomic E-state index is 13.5. The molecule has 7 nitrogen and oxygen atoms in total. The Morgan fingerprint density at radius 3 is 2.56 bits per heavy atom. The van der Waals surface area contributed by atoms with E-state index >= 15 is 0 Å². The average molecular weight is 440 g/mol. The molecule has 1 aromatic rings. The zero-order valence-corrected chi connectivity index (χ0v) is 18.7. The molecule has 4 atom stereocenters. The van der Waals surface area contributed by atoms with Crippen molar-refractivity contribution in [1.29, 1.82) is 0 Å². The topological polar surface area (TPSA) is 91.6 Å². The minimum absolute atomic E-state index is 0.00169. The number of rotatable bonds is 5. The van der Waals surface area contributed by atoms with Crippen LogP contribution in [0.2, 0.25) is 0 Å². The second-order valence-electron chi connectivity index (χ2n) is 9.89. The highest BCUT2D eigenvalue weighted by molar-refractivity contribution is 5.91. The van der Waals surface area contributed by atoms with Gasteiger partial charge in [-0.1, -0.05) is 31.4 Å². The van der Waals surface area contributed by atoms with Crippen LogP contribution in [-0.4, -0.2) is 45.1 Å². The Kier molecular flexibility index (Phi) is 5.70. The van der Waals surface area contributed by atoms with Crippen LogP contribution in [-0.2, 0) is 16.1 Å². The normalized spacial score (nSPS) is 29.9. The van der Waals surface area contributed by atoms with Crippen LogP contribution < -0.4 is 10.9 Å². The van der Waals surface area contributed by atoms with Gasteiger partial charge in [-0.05, 0) is 44.7 Å². The quantitative estimate of drug-likeness (QED) is 0.736. The summed E-state index contributed by atoms with van der Waals surface area (Å²) in [5.41, 5.74) is 1.32. The molecule has 172 valence electrons. The number of allylic oxidation sites excluding steroid dienone is 1. The third-order valence-electron chi connectivity index (χ3n) is 7.85. The Morgan fingerprint density at radius 1 is 1.16 bits per heavy atom. The van der Waals surface area contributed by atoms with Crippen molar-refractivity contribution in [3.63, 3.8) is 0 Å². The highest BCUT2D eigenvalue weighted by Crippen LogP contribution is 2.51. The highest BCUT2D eigenvalue weighted by atomic mass is 16.3. The molecule has 2 amide bonds. The van der Waals surface area contributed by atoms with Gasteiger partial charge in [0.1, 0.15) is 6.04 Å². The number of nitrogens with zero attached hydrogens (tertiary/aromatic N) is 2. The smallest absolute Gasteiger partial charge is 0.258 e. The number of fused-ring (bicyclic) bond motifs is 3. The van der Waals surface area contributed by atoms with Crippen LogP contribution >= 0.6 is 0 Å². The molecule has 2 N–H and O–H groups in total. The Balaban J connectivity index is 1.51. The van der Waals surface area contributed by atoms with Gasteiger partial charge in [0.25, 0.3) is 5.56 Å². The largest absolute Gasteiger partial charge is 0.396 e. The number of carbonyl (C=O) groups excluding carboxylic acids is 2. The SMILES string of the molecule is C/C=C\c1ccc2n(c1=O)C[C@H]1[C@H](CO)[C@@H](C(=O)NC3CCCCC3)N(C(=O)C3CC3)[C@@H]21. The molecule has 0 bridgehead atoms. The van der Waals surface area contributed by atoms with Crippen LogP contribution in [0.3, 0.4) is 0 Å². The Hall–Kier alpha value is -2.41. The van der Waals surface area contributed by atoms with Crippen LogP contribution in [0.25, 0.3) is 6.08 Å². The molecule has 0 aromatic carbocycles. The summed E-state index contributed by atoms with van der Waals surface area (Å²) in [7, 11) is 0. The van der Waals surface area contributed by atoms with Crippen molar-refractivity contribution in [3.05, 3.63) is 39.8 Å². The van der Waals surface area contributed by atoms with Crippen molar-refractivity contribution in [2.45, 2.75) is 76.5 Å². The number of likely N-dealkylation sites (tertiary alicyclic amines) is 1. The van der Waals surface area contributed by atoms with Gasteiger partial charge < -0.3 is 19.9 Å². The van der Waals surface area contributed by atoms with Gasteiger partial charge in [0.15, 0.2) is 0 Å². The van der Waals surface area contributed by atoms with E-state index in [2.05, 4.69) is 5.32 Å². The maximum absolute atomic E-state index is 13.5. The number of hydrogen-bond donors (Lipinski definition) is 2. The molecular formula is C25H33N3O4. The van der Waals surface area contributed by atoms with Gasteiger partial charge >= 0.3 is 0 Å². The van der Waals surface area contributed by atoms with Gasteiger partial charge in [-0.25, -0.2) is 0 Å². The van der Waals surface area contributed by atoms with Crippen molar-refractivity contribution in [2.24, 2.45) is 17.8 Å². The molecule has 0 radical (unpaired) electrons. The number of aliphatic hydroxyl groups excluding tert-OH is 1. The lowest BCUT2D eigenvalue weighted by atomic mass is 9.87. The molecule has 7 heteroatoms. The first kappa shape index (κ1) is 21.4. The molecule has 2 aliphatic heterocycles. The maximum Gasteiger partial charge on any atom is 0.258 e. The molecule has 2 aliphatic carbocycles. The predicted molar refractivity (Wildman–Crippen MR) is 121 cm³/mol. The van der Waals surface area contributed by atoms with Gasteiger partial charge in [0.2, 0.25) is 11.8 Å². The van der Waals surface area contributed by atoms with Crippen molar-refractivity contribution in [2.75, 3.05) is 6.61 Å². The summed E-state index contributed by atoms with van der Waals surface area (Å²) in [5.74, 6) is -0.702. The molecule has 0 spiro atoms. The number of pyridine rings is 1. The Morgan fingerprint density at radius 2 is 1.91 bits per heavy atom. The van der Waals surface area contributed by atoms with E-state index in [1.54, 1.807) is 21.6 Å². The summed E-state index contributed by atoms with van der Waals surface area (Å²) in [6.45, 7) is 2.12. The monoisotopic (exact) mass is 439 g/mol. The van der Waals surface area contributed by atoms with Gasteiger partial charge in [-0.15, -0.1) is 0 Å². The second kappa shape index (κ2) is 8.50. The van der Waals surface area contributed by atoms with Crippen molar-refractivity contribution < 1.29 is 14.7 Å². The zero-order chi connectivity index (χ0) is 22.4. The van der Waals surface area contributed by atoms with Crippen LogP contribution in [0, 0.1) is 17.8 Å². The number of hydrogen-bond acceptors (Lipinski definition) is 4. The molecule has 3 heterocycles. The third-order valence-corrected chi connectivity index (χ3v) is 7.85. The number of aliphatic hydroxyl groups is 1. The second-order valence-corrected chi connectivity index (χ2v) is 9.89.